The van der Waals surface area contributed by atoms with Crippen molar-refractivity contribution in [2.24, 2.45) is 5.73 Å². The molecule has 0 aliphatic carbocycles. The highest BCUT2D eigenvalue weighted by atomic mass is 19.3. The lowest BCUT2D eigenvalue weighted by Crippen LogP contribution is -2.42. The van der Waals surface area contributed by atoms with Crippen LogP contribution in [-0.2, 0) is 0 Å². The molecule has 4 heterocycles. The summed E-state index contributed by atoms with van der Waals surface area (Å²) in [6.45, 7) is -0.0952. The Morgan fingerprint density at radius 3 is 2.43 bits per heavy atom. The van der Waals surface area contributed by atoms with Crippen molar-refractivity contribution in [2.75, 3.05) is 13.1 Å². The van der Waals surface area contributed by atoms with E-state index < -0.39 is 17.7 Å². The summed E-state index contributed by atoms with van der Waals surface area (Å²) in [6.07, 6.45) is 4.96. The van der Waals surface area contributed by atoms with E-state index in [1.165, 1.54) is 28.0 Å². The normalized spacial score (nSPS) is 15.7. The topological polar surface area (TPSA) is 120 Å². The molecule has 0 unspecified atom stereocenters. The molecule has 9 nitrogen and oxygen atoms in total. The molecule has 11 heteroatoms. The van der Waals surface area contributed by atoms with Crippen LogP contribution in [0.3, 0.4) is 0 Å². The van der Waals surface area contributed by atoms with E-state index in [1.54, 1.807) is 24.5 Å². The standard InChI is InChI=1S/C19H17F2N7O2/c20-19(21)3-6-27(7-4-19)18(30)13-8-16(14-10-25-15(11-24-14)17(22)29)28(26-13)12-2-1-5-23-9-12/h1-2,5,8-11H,3-4,6-7H2,(H2,22,29). The molecule has 0 bridgehead atoms. The van der Waals surface area contributed by atoms with E-state index in [-0.39, 0.29) is 37.3 Å². The van der Waals surface area contributed by atoms with Gasteiger partial charge in [-0.2, -0.15) is 5.10 Å². The molecular weight excluding hydrogens is 396 g/mol. The minimum atomic E-state index is -2.76. The molecule has 0 atom stereocenters. The highest BCUT2D eigenvalue weighted by Gasteiger charge is 2.36. The number of piperidine rings is 1. The Kier molecular flexibility index (Phi) is 4.94. The molecule has 1 fully saturated rings. The van der Waals surface area contributed by atoms with E-state index in [0.717, 1.165) is 0 Å². The maximum Gasteiger partial charge on any atom is 0.274 e. The summed E-state index contributed by atoms with van der Waals surface area (Å²) in [5, 5.41) is 4.36. The summed E-state index contributed by atoms with van der Waals surface area (Å²) in [7, 11) is 0. The Balaban J connectivity index is 1.71. The number of rotatable bonds is 4. The van der Waals surface area contributed by atoms with E-state index >= 15 is 0 Å². The Morgan fingerprint density at radius 2 is 1.83 bits per heavy atom. The Morgan fingerprint density at radius 1 is 1.07 bits per heavy atom. The van der Waals surface area contributed by atoms with E-state index in [2.05, 4.69) is 20.1 Å². The number of alkyl halides is 2. The number of hydrogen-bond donors (Lipinski definition) is 1. The fourth-order valence-corrected chi connectivity index (χ4v) is 3.13. The number of nitrogens with zero attached hydrogens (tertiary/aromatic N) is 6. The van der Waals surface area contributed by atoms with Crippen molar-refractivity contribution in [3.8, 4) is 17.1 Å². The molecule has 4 rings (SSSR count). The van der Waals surface area contributed by atoms with Gasteiger partial charge in [-0.15, -0.1) is 0 Å². The van der Waals surface area contributed by atoms with Crippen LogP contribution in [0.25, 0.3) is 17.1 Å². The van der Waals surface area contributed by atoms with Crippen molar-refractivity contribution in [3.63, 3.8) is 0 Å². The average Bonchev–Trinajstić information content (AvgIpc) is 3.19. The van der Waals surface area contributed by atoms with E-state index in [9.17, 15) is 18.4 Å². The fraction of sp³-hybridized carbons (Fsp3) is 0.263. The average molecular weight is 413 g/mol. The van der Waals surface area contributed by atoms with Gasteiger partial charge in [-0.3, -0.25) is 19.6 Å². The molecule has 3 aromatic heterocycles. The molecule has 2 N–H and O–H groups in total. The summed E-state index contributed by atoms with van der Waals surface area (Å²) in [5.74, 6) is -3.92. The molecule has 3 aromatic rings. The number of hydrogen-bond acceptors (Lipinski definition) is 6. The molecule has 0 radical (unpaired) electrons. The molecule has 2 amide bonds. The summed E-state index contributed by atoms with van der Waals surface area (Å²) < 4.78 is 28.3. The zero-order valence-electron chi connectivity index (χ0n) is 15.7. The first-order valence-electron chi connectivity index (χ1n) is 9.14. The second-order valence-corrected chi connectivity index (χ2v) is 6.84. The largest absolute Gasteiger partial charge is 0.364 e. The van der Waals surface area contributed by atoms with Crippen molar-refractivity contribution in [1.29, 1.82) is 0 Å². The molecule has 1 aliphatic heterocycles. The smallest absolute Gasteiger partial charge is 0.274 e. The number of amides is 2. The van der Waals surface area contributed by atoms with Gasteiger partial charge in [0.1, 0.15) is 11.4 Å². The molecule has 0 spiro atoms. The van der Waals surface area contributed by atoms with Crippen LogP contribution in [0.2, 0.25) is 0 Å². The van der Waals surface area contributed by atoms with Crippen LogP contribution in [0.5, 0.6) is 0 Å². The third-order valence-corrected chi connectivity index (χ3v) is 4.77. The second-order valence-electron chi connectivity index (χ2n) is 6.84. The lowest BCUT2D eigenvalue weighted by atomic mass is 10.1. The number of pyridine rings is 1. The summed E-state index contributed by atoms with van der Waals surface area (Å²) in [5.41, 5.74) is 6.62. The van der Waals surface area contributed by atoms with Crippen molar-refractivity contribution < 1.29 is 18.4 Å². The van der Waals surface area contributed by atoms with Gasteiger partial charge >= 0.3 is 0 Å². The molecular formula is C19H17F2N7O2. The lowest BCUT2D eigenvalue weighted by Gasteiger charge is -2.31. The van der Waals surface area contributed by atoms with Gasteiger partial charge in [0.05, 0.1) is 30.0 Å². The van der Waals surface area contributed by atoms with Crippen molar-refractivity contribution in [2.45, 2.75) is 18.8 Å². The van der Waals surface area contributed by atoms with Crippen LogP contribution in [0.15, 0.2) is 43.0 Å². The van der Waals surface area contributed by atoms with Crippen molar-refractivity contribution in [3.05, 3.63) is 54.4 Å². The highest BCUT2D eigenvalue weighted by Crippen LogP contribution is 2.29. The first kappa shape index (κ1) is 19.6. The maximum atomic E-state index is 13.4. The van der Waals surface area contributed by atoms with E-state index in [0.29, 0.717) is 17.1 Å². The summed E-state index contributed by atoms with van der Waals surface area (Å²) in [4.78, 5) is 37.7. The zero-order chi connectivity index (χ0) is 21.3. The summed E-state index contributed by atoms with van der Waals surface area (Å²) in [6, 6.07) is 4.96. The van der Waals surface area contributed by atoms with Crippen LogP contribution >= 0.6 is 0 Å². The predicted octanol–water partition coefficient (Wildman–Crippen LogP) is 1.69. The van der Waals surface area contributed by atoms with Crippen molar-refractivity contribution in [1.82, 2.24) is 29.6 Å². The molecule has 30 heavy (non-hydrogen) atoms. The monoisotopic (exact) mass is 413 g/mol. The Hall–Kier alpha value is -3.76. The fourth-order valence-electron chi connectivity index (χ4n) is 3.13. The lowest BCUT2D eigenvalue weighted by molar-refractivity contribution is -0.0495. The Bertz CT molecular complexity index is 1070. The number of carbonyl (C=O) groups is 2. The van der Waals surface area contributed by atoms with Crippen LogP contribution in [0.1, 0.15) is 33.8 Å². The van der Waals surface area contributed by atoms with Crippen LogP contribution in [0.4, 0.5) is 8.78 Å². The second kappa shape index (κ2) is 7.58. The van der Waals surface area contributed by atoms with E-state index in [1.807, 2.05) is 0 Å². The number of nitrogens with two attached hydrogens (primary N) is 1. The van der Waals surface area contributed by atoms with Gasteiger partial charge in [-0.25, -0.2) is 18.4 Å². The van der Waals surface area contributed by atoms with Crippen molar-refractivity contribution >= 4 is 11.8 Å². The molecule has 1 saturated heterocycles. The number of likely N-dealkylation sites (tertiary alicyclic amines) is 1. The minimum Gasteiger partial charge on any atom is -0.364 e. The van der Waals surface area contributed by atoms with Gasteiger partial charge < -0.3 is 10.6 Å². The van der Waals surface area contributed by atoms with Crippen LogP contribution in [0, 0.1) is 0 Å². The quantitative estimate of drug-likeness (QED) is 0.695. The van der Waals surface area contributed by atoms with Crippen LogP contribution in [-0.4, -0.2) is 60.5 Å². The first-order valence-corrected chi connectivity index (χ1v) is 9.14. The number of primary amides is 1. The third kappa shape index (κ3) is 3.86. The Labute approximate surface area is 169 Å². The van der Waals surface area contributed by atoms with Gasteiger partial charge in [0.25, 0.3) is 17.7 Å². The number of aromatic nitrogens is 5. The van der Waals surface area contributed by atoms with Gasteiger partial charge in [-0.05, 0) is 18.2 Å². The van der Waals surface area contributed by atoms with Gasteiger partial charge in [0.15, 0.2) is 5.69 Å². The SMILES string of the molecule is NC(=O)c1cnc(-c2cc(C(=O)N3CCC(F)(F)CC3)nn2-c2cccnc2)cn1. The van der Waals surface area contributed by atoms with Crippen LogP contribution < -0.4 is 5.73 Å². The van der Waals surface area contributed by atoms with Gasteiger partial charge in [-0.1, -0.05) is 0 Å². The number of carbonyl (C=O) groups excluding carboxylic acids is 2. The highest BCUT2D eigenvalue weighted by molar-refractivity contribution is 5.94. The molecule has 0 aromatic carbocycles. The summed E-state index contributed by atoms with van der Waals surface area (Å²) >= 11 is 0. The zero-order valence-corrected chi connectivity index (χ0v) is 15.7. The predicted molar refractivity (Wildman–Crippen MR) is 101 cm³/mol. The molecule has 0 saturated carbocycles. The minimum absolute atomic E-state index is 0.00302. The first-order chi connectivity index (χ1) is 14.3. The molecule has 1 aliphatic rings. The number of halogens is 2. The van der Waals surface area contributed by atoms with Gasteiger partial charge in [0.2, 0.25) is 0 Å². The van der Waals surface area contributed by atoms with Gasteiger partial charge in [0, 0.05) is 32.1 Å². The third-order valence-electron chi connectivity index (χ3n) is 4.77. The molecule has 154 valence electrons. The maximum absolute atomic E-state index is 13.4. The van der Waals surface area contributed by atoms with E-state index in [4.69, 9.17) is 5.73 Å².